The van der Waals surface area contributed by atoms with Gasteiger partial charge in [-0.15, -0.1) is 0 Å². The van der Waals surface area contributed by atoms with Gasteiger partial charge in [0, 0.05) is 19.3 Å². The van der Waals surface area contributed by atoms with Gasteiger partial charge < -0.3 is 14.2 Å². The molecule has 0 heterocycles. The second-order valence-electron chi connectivity index (χ2n) is 24.2. The number of rotatable bonds is 66. The smallest absolute Gasteiger partial charge is 0.306 e. The second kappa shape index (κ2) is 68.1. The normalized spacial score (nSPS) is 12.2. The van der Waals surface area contributed by atoms with E-state index in [-0.39, 0.29) is 31.1 Å². The molecule has 0 aromatic carbocycles. The Bertz CT molecular complexity index is 1320. The third-order valence-corrected chi connectivity index (χ3v) is 16.1. The van der Waals surface area contributed by atoms with Gasteiger partial charge >= 0.3 is 17.9 Å². The average Bonchev–Trinajstić information content (AvgIpc) is 3.45. The molecule has 1 unspecified atom stereocenters. The molecule has 464 valence electrons. The molecule has 0 aliphatic carbocycles. The van der Waals surface area contributed by atoms with E-state index < -0.39 is 6.10 Å². The summed E-state index contributed by atoms with van der Waals surface area (Å²) in [6.45, 7) is 6.59. The van der Waals surface area contributed by atoms with Crippen LogP contribution >= 0.6 is 0 Å². The molecule has 0 fully saturated rings. The number of carbonyl (C=O) groups is 3. The van der Waals surface area contributed by atoms with Gasteiger partial charge in [0.1, 0.15) is 13.2 Å². The van der Waals surface area contributed by atoms with Crippen molar-refractivity contribution in [2.24, 2.45) is 0 Å². The lowest BCUT2D eigenvalue weighted by Gasteiger charge is -2.18. The number of carbonyl (C=O) groups excluding carboxylic acids is 3. The molecule has 0 amide bonds. The quantitative estimate of drug-likeness (QED) is 0.0261. The fourth-order valence-electron chi connectivity index (χ4n) is 10.8. The Morgan fingerprint density at radius 3 is 0.709 bits per heavy atom. The molecule has 6 nitrogen and oxygen atoms in total. The van der Waals surface area contributed by atoms with Crippen LogP contribution in [0.5, 0.6) is 0 Å². The minimum absolute atomic E-state index is 0.0740. The minimum Gasteiger partial charge on any atom is -0.462 e. The summed E-state index contributed by atoms with van der Waals surface area (Å²) in [6.07, 6.45) is 85.4. The highest BCUT2D eigenvalue weighted by atomic mass is 16.6. The SMILES string of the molecule is CCCCCCC/C=C\C/C=C\C/C=C\CCCCCCCCC(=O)OC(COC(=O)CCCCCCC)COC(=O)CCCCCCCCCCCCCCCCCCCCCCCCCCCCCCCCCCCCC. The van der Waals surface area contributed by atoms with Crippen molar-refractivity contribution in [2.75, 3.05) is 13.2 Å². The maximum Gasteiger partial charge on any atom is 0.306 e. The molecule has 0 aromatic rings. The highest BCUT2D eigenvalue weighted by Gasteiger charge is 2.19. The van der Waals surface area contributed by atoms with Crippen LogP contribution in [0.2, 0.25) is 0 Å². The molecule has 0 N–H and O–H groups in total. The molecule has 0 saturated carbocycles. The van der Waals surface area contributed by atoms with Crippen LogP contribution in [0, 0.1) is 0 Å². The molecular formula is C73H136O6. The van der Waals surface area contributed by atoms with E-state index in [2.05, 4.69) is 57.2 Å². The number of ether oxygens (including phenoxy) is 3. The molecule has 0 bridgehead atoms. The maximum absolute atomic E-state index is 12.8. The van der Waals surface area contributed by atoms with Gasteiger partial charge in [-0.1, -0.05) is 353 Å². The first-order valence-electron chi connectivity index (χ1n) is 35.5. The molecule has 79 heavy (non-hydrogen) atoms. The van der Waals surface area contributed by atoms with Gasteiger partial charge in [0.05, 0.1) is 0 Å². The lowest BCUT2D eigenvalue weighted by molar-refractivity contribution is -0.167. The Balaban J connectivity index is 3.88. The number of unbranched alkanes of at least 4 members (excludes halogenated alkanes) is 49. The molecule has 0 saturated heterocycles. The Morgan fingerprint density at radius 2 is 0.456 bits per heavy atom. The standard InChI is InChI=1S/C73H136O6/c1-4-7-10-13-15-17-19-21-23-25-27-29-30-31-32-33-34-35-36-37-38-39-40-41-42-44-45-47-49-51-53-55-57-60-63-66-72(75)78-69-70(68-77-71(74)65-62-59-12-9-6-3)79-73(76)67-64-61-58-56-54-52-50-48-46-43-28-26-24-22-20-18-16-14-11-8-5-2/h20,22,26,28,46,48,70H,4-19,21,23-25,27,29-45,47,49-69H2,1-3H3/b22-20-,28-26-,48-46-. The van der Waals surface area contributed by atoms with Crippen molar-refractivity contribution in [3.8, 4) is 0 Å². The van der Waals surface area contributed by atoms with Crippen molar-refractivity contribution >= 4 is 17.9 Å². The van der Waals surface area contributed by atoms with Gasteiger partial charge in [-0.2, -0.15) is 0 Å². The van der Waals surface area contributed by atoms with Crippen molar-refractivity contribution in [1.82, 2.24) is 0 Å². The zero-order chi connectivity index (χ0) is 57.1. The van der Waals surface area contributed by atoms with Crippen molar-refractivity contribution in [3.63, 3.8) is 0 Å². The molecule has 0 aromatic heterocycles. The molecule has 0 radical (unpaired) electrons. The van der Waals surface area contributed by atoms with Crippen LogP contribution in [0.1, 0.15) is 393 Å². The molecular weight excluding hydrogens is 973 g/mol. The highest BCUT2D eigenvalue weighted by molar-refractivity contribution is 5.71. The van der Waals surface area contributed by atoms with Crippen LogP contribution in [0.3, 0.4) is 0 Å². The first-order chi connectivity index (χ1) is 39.0. The first-order valence-corrected chi connectivity index (χ1v) is 35.5. The Labute approximate surface area is 493 Å². The Hall–Kier alpha value is -2.37. The van der Waals surface area contributed by atoms with Crippen LogP contribution < -0.4 is 0 Å². The van der Waals surface area contributed by atoms with E-state index >= 15 is 0 Å². The highest BCUT2D eigenvalue weighted by Crippen LogP contribution is 2.19. The minimum atomic E-state index is -0.774. The topological polar surface area (TPSA) is 78.9 Å². The van der Waals surface area contributed by atoms with E-state index in [1.807, 2.05) is 0 Å². The number of allylic oxidation sites excluding steroid dienone is 6. The third kappa shape index (κ3) is 66.3. The van der Waals surface area contributed by atoms with Crippen LogP contribution in [0.4, 0.5) is 0 Å². The van der Waals surface area contributed by atoms with Crippen LogP contribution in [-0.4, -0.2) is 37.2 Å². The van der Waals surface area contributed by atoms with Crippen LogP contribution in [0.25, 0.3) is 0 Å². The van der Waals surface area contributed by atoms with E-state index in [1.54, 1.807) is 0 Å². The van der Waals surface area contributed by atoms with Gasteiger partial charge in [-0.05, 0) is 57.8 Å². The molecule has 1 atom stereocenters. The summed E-state index contributed by atoms with van der Waals surface area (Å²) < 4.78 is 16.8. The van der Waals surface area contributed by atoms with Gasteiger partial charge in [-0.3, -0.25) is 14.4 Å². The summed E-state index contributed by atoms with van der Waals surface area (Å²) in [5, 5.41) is 0. The average molecular weight is 1110 g/mol. The molecule has 0 aliphatic rings. The van der Waals surface area contributed by atoms with Gasteiger partial charge in [0.2, 0.25) is 0 Å². The summed E-state index contributed by atoms with van der Waals surface area (Å²) in [7, 11) is 0. The summed E-state index contributed by atoms with van der Waals surface area (Å²) >= 11 is 0. The summed E-state index contributed by atoms with van der Waals surface area (Å²) in [4.78, 5) is 38.0. The summed E-state index contributed by atoms with van der Waals surface area (Å²) in [5.41, 5.74) is 0. The predicted molar refractivity (Wildman–Crippen MR) is 344 cm³/mol. The summed E-state index contributed by atoms with van der Waals surface area (Å²) in [5.74, 6) is -0.880. The predicted octanol–water partition coefficient (Wildman–Crippen LogP) is 24.3. The number of hydrogen-bond acceptors (Lipinski definition) is 6. The molecule has 0 rings (SSSR count). The fraction of sp³-hybridized carbons (Fsp3) is 0.877. The number of esters is 3. The zero-order valence-electron chi connectivity index (χ0n) is 53.4. The zero-order valence-corrected chi connectivity index (χ0v) is 53.4. The van der Waals surface area contributed by atoms with Crippen LogP contribution in [-0.2, 0) is 28.6 Å². The maximum atomic E-state index is 12.8. The largest absolute Gasteiger partial charge is 0.462 e. The number of hydrogen-bond donors (Lipinski definition) is 0. The van der Waals surface area contributed by atoms with Crippen LogP contribution in [0.15, 0.2) is 36.5 Å². The first kappa shape index (κ1) is 76.6. The van der Waals surface area contributed by atoms with Gasteiger partial charge in [0.15, 0.2) is 6.10 Å². The Morgan fingerprint density at radius 1 is 0.253 bits per heavy atom. The van der Waals surface area contributed by atoms with E-state index in [0.717, 1.165) is 83.5 Å². The van der Waals surface area contributed by atoms with E-state index in [0.29, 0.717) is 19.3 Å². The fourth-order valence-corrected chi connectivity index (χ4v) is 10.8. The lowest BCUT2D eigenvalue weighted by Crippen LogP contribution is -2.30. The van der Waals surface area contributed by atoms with E-state index in [4.69, 9.17) is 14.2 Å². The lowest BCUT2D eigenvalue weighted by atomic mass is 10.0. The molecule has 6 heteroatoms. The van der Waals surface area contributed by atoms with Gasteiger partial charge in [0.25, 0.3) is 0 Å². The monoisotopic (exact) mass is 1110 g/mol. The molecule has 0 spiro atoms. The van der Waals surface area contributed by atoms with E-state index in [9.17, 15) is 14.4 Å². The second-order valence-corrected chi connectivity index (χ2v) is 24.2. The van der Waals surface area contributed by atoms with Crippen molar-refractivity contribution < 1.29 is 28.6 Å². The van der Waals surface area contributed by atoms with Crippen molar-refractivity contribution in [2.45, 2.75) is 399 Å². The third-order valence-electron chi connectivity index (χ3n) is 16.1. The van der Waals surface area contributed by atoms with Crippen molar-refractivity contribution in [3.05, 3.63) is 36.5 Å². The molecule has 0 aliphatic heterocycles. The summed E-state index contributed by atoms with van der Waals surface area (Å²) in [6, 6.07) is 0. The van der Waals surface area contributed by atoms with Crippen molar-refractivity contribution in [1.29, 1.82) is 0 Å². The van der Waals surface area contributed by atoms with Gasteiger partial charge in [-0.25, -0.2) is 0 Å². The van der Waals surface area contributed by atoms with E-state index in [1.165, 1.54) is 270 Å². The Kier molecular flexibility index (Phi) is 66.1.